The molecule has 0 unspecified atom stereocenters. The number of aryl methyl sites for hydroxylation is 1. The Morgan fingerprint density at radius 3 is 2.59 bits per heavy atom. The SMILES string of the molecule is CCN1CCN(c2ccc(NC(=O)c3ccc(-n4ccnc4)nc3)c(C)c2)CC1. The fourth-order valence-electron chi connectivity index (χ4n) is 3.57. The van der Waals surface area contributed by atoms with Crippen molar-refractivity contribution >= 4 is 17.3 Å². The molecule has 3 aromatic rings. The summed E-state index contributed by atoms with van der Waals surface area (Å²) in [7, 11) is 0. The Hall–Kier alpha value is -3.19. The van der Waals surface area contributed by atoms with Crippen LogP contribution < -0.4 is 10.2 Å². The van der Waals surface area contributed by atoms with Gasteiger partial charge in [0.15, 0.2) is 0 Å². The second kappa shape index (κ2) is 8.45. The number of aromatic nitrogens is 3. The van der Waals surface area contributed by atoms with Gasteiger partial charge in [-0.15, -0.1) is 0 Å². The zero-order valence-electron chi connectivity index (χ0n) is 16.9. The predicted molar refractivity (Wildman–Crippen MR) is 115 cm³/mol. The minimum Gasteiger partial charge on any atom is -0.369 e. The second-order valence-electron chi connectivity index (χ2n) is 7.25. The number of carbonyl (C=O) groups excluding carboxylic acids is 1. The summed E-state index contributed by atoms with van der Waals surface area (Å²) in [5.74, 6) is 0.560. The first-order valence-electron chi connectivity index (χ1n) is 9.97. The summed E-state index contributed by atoms with van der Waals surface area (Å²) in [6.45, 7) is 9.60. The molecule has 0 bridgehead atoms. The number of amides is 1. The first-order valence-corrected chi connectivity index (χ1v) is 9.97. The monoisotopic (exact) mass is 390 g/mol. The van der Waals surface area contributed by atoms with E-state index in [1.165, 1.54) is 5.69 Å². The number of benzene rings is 1. The molecule has 0 spiro atoms. The van der Waals surface area contributed by atoms with Gasteiger partial charge in [0.2, 0.25) is 0 Å². The van der Waals surface area contributed by atoms with E-state index in [9.17, 15) is 4.79 Å². The van der Waals surface area contributed by atoms with Gasteiger partial charge in [-0.25, -0.2) is 9.97 Å². The summed E-state index contributed by atoms with van der Waals surface area (Å²) < 4.78 is 1.80. The van der Waals surface area contributed by atoms with Crippen LogP contribution in [0.5, 0.6) is 0 Å². The maximum atomic E-state index is 12.6. The van der Waals surface area contributed by atoms with Crippen molar-refractivity contribution in [2.45, 2.75) is 13.8 Å². The summed E-state index contributed by atoms with van der Waals surface area (Å²) in [5.41, 5.74) is 3.61. The van der Waals surface area contributed by atoms with Crippen molar-refractivity contribution in [3.63, 3.8) is 0 Å². The fourth-order valence-corrected chi connectivity index (χ4v) is 3.57. The molecule has 0 saturated carbocycles. The van der Waals surface area contributed by atoms with Crippen LogP contribution in [-0.4, -0.2) is 58.1 Å². The van der Waals surface area contributed by atoms with Crippen LogP contribution in [-0.2, 0) is 0 Å². The van der Waals surface area contributed by atoms with Crippen LogP contribution in [0, 0.1) is 6.92 Å². The van der Waals surface area contributed by atoms with Crippen LogP contribution in [0.15, 0.2) is 55.2 Å². The Balaban J connectivity index is 1.42. The third-order valence-corrected chi connectivity index (χ3v) is 5.42. The molecule has 4 rings (SSSR count). The summed E-state index contributed by atoms with van der Waals surface area (Å²) in [6.07, 6.45) is 6.77. The van der Waals surface area contributed by atoms with Crippen LogP contribution in [0.2, 0.25) is 0 Å². The maximum Gasteiger partial charge on any atom is 0.257 e. The molecule has 3 heterocycles. The number of carbonyl (C=O) groups is 1. The molecule has 1 amide bonds. The van der Waals surface area contributed by atoms with Crippen molar-refractivity contribution in [1.82, 2.24) is 19.4 Å². The average molecular weight is 390 g/mol. The van der Waals surface area contributed by atoms with E-state index >= 15 is 0 Å². The van der Waals surface area contributed by atoms with E-state index < -0.39 is 0 Å². The molecule has 1 aromatic carbocycles. The number of likely N-dealkylation sites (N-methyl/N-ethyl adjacent to an activating group) is 1. The number of anilines is 2. The minimum atomic E-state index is -0.165. The molecule has 150 valence electrons. The molecule has 2 aromatic heterocycles. The van der Waals surface area contributed by atoms with E-state index in [4.69, 9.17) is 0 Å². The molecule has 1 fully saturated rings. The summed E-state index contributed by atoms with van der Waals surface area (Å²) in [4.78, 5) is 25.9. The zero-order chi connectivity index (χ0) is 20.2. The van der Waals surface area contributed by atoms with Gasteiger partial charge in [-0.2, -0.15) is 0 Å². The Bertz CT molecular complexity index is 959. The number of hydrogen-bond acceptors (Lipinski definition) is 5. The van der Waals surface area contributed by atoms with Crippen molar-refractivity contribution in [1.29, 1.82) is 0 Å². The van der Waals surface area contributed by atoms with Gasteiger partial charge in [-0.05, 0) is 49.4 Å². The van der Waals surface area contributed by atoms with Crippen molar-refractivity contribution in [3.05, 3.63) is 66.4 Å². The minimum absolute atomic E-state index is 0.165. The Labute approximate surface area is 171 Å². The lowest BCUT2D eigenvalue weighted by Gasteiger charge is -2.35. The van der Waals surface area contributed by atoms with E-state index in [-0.39, 0.29) is 5.91 Å². The standard InChI is InChI=1S/C22H26N6O/c1-3-26-10-12-27(13-11-26)19-5-6-20(17(2)14-19)25-22(29)18-4-7-21(24-15-18)28-9-8-23-16-28/h4-9,14-16H,3,10-13H2,1-2H3,(H,25,29). The third-order valence-electron chi connectivity index (χ3n) is 5.42. The van der Waals surface area contributed by atoms with Crippen molar-refractivity contribution in [2.24, 2.45) is 0 Å². The Morgan fingerprint density at radius 1 is 1.14 bits per heavy atom. The summed E-state index contributed by atoms with van der Waals surface area (Å²) >= 11 is 0. The molecule has 7 heteroatoms. The topological polar surface area (TPSA) is 66.3 Å². The predicted octanol–water partition coefficient (Wildman–Crippen LogP) is 2.97. The zero-order valence-corrected chi connectivity index (χ0v) is 16.9. The molecular weight excluding hydrogens is 364 g/mol. The van der Waals surface area contributed by atoms with Gasteiger partial charge in [0.05, 0.1) is 5.56 Å². The van der Waals surface area contributed by atoms with Crippen LogP contribution >= 0.6 is 0 Å². The van der Waals surface area contributed by atoms with Crippen LogP contribution in [0.25, 0.3) is 5.82 Å². The first kappa shape index (κ1) is 19.1. The summed E-state index contributed by atoms with van der Waals surface area (Å²) in [6, 6.07) is 9.81. The molecule has 1 saturated heterocycles. The molecule has 1 aliphatic heterocycles. The van der Waals surface area contributed by atoms with Crippen molar-refractivity contribution in [2.75, 3.05) is 42.9 Å². The van der Waals surface area contributed by atoms with Crippen molar-refractivity contribution in [3.8, 4) is 5.82 Å². The van der Waals surface area contributed by atoms with Gasteiger partial charge in [-0.3, -0.25) is 9.36 Å². The molecule has 29 heavy (non-hydrogen) atoms. The van der Waals surface area contributed by atoms with Gasteiger partial charge >= 0.3 is 0 Å². The van der Waals surface area contributed by atoms with Gasteiger partial charge in [0.25, 0.3) is 5.91 Å². The maximum absolute atomic E-state index is 12.6. The van der Waals surface area contributed by atoms with Gasteiger partial charge < -0.3 is 15.1 Å². The smallest absolute Gasteiger partial charge is 0.257 e. The molecule has 1 aliphatic rings. The molecular formula is C22H26N6O. The molecule has 0 radical (unpaired) electrons. The van der Waals surface area contributed by atoms with E-state index in [0.717, 1.165) is 49.8 Å². The lowest BCUT2D eigenvalue weighted by atomic mass is 10.1. The van der Waals surface area contributed by atoms with E-state index in [1.54, 1.807) is 29.4 Å². The highest BCUT2D eigenvalue weighted by Crippen LogP contribution is 2.24. The highest BCUT2D eigenvalue weighted by Gasteiger charge is 2.17. The van der Waals surface area contributed by atoms with Gasteiger partial charge in [-0.1, -0.05) is 6.92 Å². The second-order valence-corrected chi connectivity index (χ2v) is 7.25. The Kier molecular flexibility index (Phi) is 5.57. The normalized spacial score (nSPS) is 14.8. The average Bonchev–Trinajstić information content (AvgIpc) is 3.30. The van der Waals surface area contributed by atoms with Gasteiger partial charge in [0, 0.05) is 56.1 Å². The molecule has 1 N–H and O–H groups in total. The van der Waals surface area contributed by atoms with Crippen LogP contribution in [0.1, 0.15) is 22.8 Å². The van der Waals surface area contributed by atoms with Gasteiger partial charge in [0.1, 0.15) is 12.1 Å². The Morgan fingerprint density at radius 2 is 1.97 bits per heavy atom. The number of rotatable bonds is 5. The fraction of sp³-hybridized carbons (Fsp3) is 0.318. The van der Waals surface area contributed by atoms with Crippen LogP contribution in [0.3, 0.4) is 0 Å². The van der Waals surface area contributed by atoms with E-state index in [0.29, 0.717) is 5.56 Å². The number of nitrogens with zero attached hydrogens (tertiary/aromatic N) is 5. The highest BCUT2D eigenvalue weighted by atomic mass is 16.1. The highest BCUT2D eigenvalue weighted by molar-refractivity contribution is 6.04. The number of piperazine rings is 1. The lowest BCUT2D eigenvalue weighted by molar-refractivity contribution is 0.102. The summed E-state index contributed by atoms with van der Waals surface area (Å²) in [5, 5.41) is 3.00. The van der Waals surface area contributed by atoms with E-state index in [2.05, 4.69) is 44.1 Å². The van der Waals surface area contributed by atoms with E-state index in [1.807, 2.05) is 25.3 Å². The lowest BCUT2D eigenvalue weighted by Crippen LogP contribution is -2.46. The van der Waals surface area contributed by atoms with Crippen LogP contribution in [0.4, 0.5) is 11.4 Å². The molecule has 0 atom stereocenters. The molecule has 0 aliphatic carbocycles. The number of pyridine rings is 1. The van der Waals surface area contributed by atoms with Crippen molar-refractivity contribution < 1.29 is 4.79 Å². The quantitative estimate of drug-likeness (QED) is 0.726. The first-order chi connectivity index (χ1) is 14.1. The number of hydrogen-bond donors (Lipinski definition) is 1. The largest absolute Gasteiger partial charge is 0.369 e. The third kappa shape index (κ3) is 4.30. The molecule has 7 nitrogen and oxygen atoms in total. The number of imidazole rings is 1. The number of nitrogens with one attached hydrogen (secondary N) is 1.